The van der Waals surface area contributed by atoms with Gasteiger partial charge in [-0.25, -0.2) is 4.98 Å². The molecule has 1 aromatic carbocycles. The van der Waals surface area contributed by atoms with E-state index in [-0.39, 0.29) is 17.7 Å². The molecule has 24 heavy (non-hydrogen) atoms. The van der Waals surface area contributed by atoms with E-state index in [1.807, 2.05) is 18.2 Å². The van der Waals surface area contributed by atoms with E-state index in [1.54, 1.807) is 7.11 Å². The highest BCUT2D eigenvalue weighted by molar-refractivity contribution is 7.22. The quantitative estimate of drug-likeness (QED) is 0.910. The first-order valence-corrected chi connectivity index (χ1v) is 8.85. The van der Waals surface area contributed by atoms with E-state index < -0.39 is 17.8 Å². The Morgan fingerprint density at radius 3 is 2.75 bits per heavy atom. The number of carboxylic acids is 1. The fourth-order valence-electron chi connectivity index (χ4n) is 4.28. The minimum Gasteiger partial charge on any atom is -0.550 e. The normalized spacial score (nSPS) is 28.2. The van der Waals surface area contributed by atoms with E-state index in [0.29, 0.717) is 5.13 Å². The topological polar surface area (TPSA) is 91.3 Å². The first-order valence-electron chi connectivity index (χ1n) is 8.03. The predicted molar refractivity (Wildman–Crippen MR) is 87.6 cm³/mol. The Morgan fingerprint density at radius 1 is 1.29 bits per heavy atom. The third kappa shape index (κ3) is 2.43. The number of rotatable bonds is 4. The molecule has 1 heterocycles. The highest BCUT2D eigenvalue weighted by Crippen LogP contribution is 2.52. The zero-order valence-corrected chi connectivity index (χ0v) is 14.0. The van der Waals surface area contributed by atoms with E-state index in [0.717, 1.165) is 35.2 Å². The second-order valence-electron chi connectivity index (χ2n) is 6.55. The summed E-state index contributed by atoms with van der Waals surface area (Å²) in [4.78, 5) is 28.5. The van der Waals surface area contributed by atoms with Crippen molar-refractivity contribution in [2.45, 2.75) is 19.3 Å². The number of nitrogens with zero attached hydrogens (tertiary/aromatic N) is 1. The first kappa shape index (κ1) is 15.4. The summed E-state index contributed by atoms with van der Waals surface area (Å²) in [5.41, 5.74) is 0.778. The molecule has 7 heteroatoms. The van der Waals surface area contributed by atoms with Crippen LogP contribution in [0.2, 0.25) is 0 Å². The number of carbonyl (C=O) groups is 2. The molecular weight excluding hydrogens is 328 g/mol. The number of carboxylic acid groups (broad SMARTS) is 1. The van der Waals surface area contributed by atoms with Gasteiger partial charge in [0.15, 0.2) is 5.13 Å². The monoisotopic (exact) mass is 345 g/mol. The van der Waals surface area contributed by atoms with Crippen LogP contribution in [0, 0.1) is 23.7 Å². The van der Waals surface area contributed by atoms with Crippen LogP contribution in [0.3, 0.4) is 0 Å². The maximum Gasteiger partial charge on any atom is 0.230 e. The lowest BCUT2D eigenvalue weighted by Crippen LogP contribution is -2.43. The van der Waals surface area contributed by atoms with Crippen LogP contribution in [0.4, 0.5) is 5.13 Å². The number of thiazole rings is 1. The number of aromatic nitrogens is 1. The number of nitrogens with one attached hydrogen (secondary N) is 1. The van der Waals surface area contributed by atoms with Gasteiger partial charge in [-0.1, -0.05) is 11.3 Å². The van der Waals surface area contributed by atoms with Crippen LogP contribution in [-0.2, 0) is 9.59 Å². The Hall–Kier alpha value is -2.15. The molecule has 0 radical (unpaired) electrons. The van der Waals surface area contributed by atoms with Crippen molar-refractivity contribution in [1.29, 1.82) is 0 Å². The zero-order valence-electron chi connectivity index (χ0n) is 13.2. The lowest BCUT2D eigenvalue weighted by atomic mass is 9.79. The highest BCUT2D eigenvalue weighted by atomic mass is 32.1. The number of methoxy groups -OCH3 is 1. The fourth-order valence-corrected chi connectivity index (χ4v) is 5.18. The van der Waals surface area contributed by atoms with Gasteiger partial charge < -0.3 is 20.0 Å². The molecule has 0 unspecified atom stereocenters. The molecule has 0 saturated heterocycles. The molecule has 126 valence electrons. The van der Waals surface area contributed by atoms with Crippen LogP contribution in [-0.4, -0.2) is 24.0 Å². The van der Waals surface area contributed by atoms with Gasteiger partial charge in [-0.15, -0.1) is 0 Å². The molecule has 2 saturated carbocycles. The van der Waals surface area contributed by atoms with E-state index in [2.05, 4.69) is 10.3 Å². The fraction of sp³-hybridized carbons (Fsp3) is 0.471. The Bertz CT molecular complexity index is 818. The molecule has 4 atom stereocenters. The summed E-state index contributed by atoms with van der Waals surface area (Å²) in [5, 5.41) is 14.8. The van der Waals surface area contributed by atoms with Crippen molar-refractivity contribution < 1.29 is 19.4 Å². The Balaban J connectivity index is 1.56. The van der Waals surface area contributed by atoms with Gasteiger partial charge >= 0.3 is 0 Å². The van der Waals surface area contributed by atoms with Gasteiger partial charge in [0.1, 0.15) is 5.75 Å². The predicted octanol–water partition coefficient (Wildman–Crippen LogP) is 1.66. The lowest BCUT2D eigenvalue weighted by Gasteiger charge is -2.30. The van der Waals surface area contributed by atoms with Crippen molar-refractivity contribution in [3.05, 3.63) is 18.2 Å². The third-order valence-corrected chi connectivity index (χ3v) is 6.25. The van der Waals surface area contributed by atoms with Gasteiger partial charge in [0, 0.05) is 17.8 Å². The van der Waals surface area contributed by atoms with Gasteiger partial charge in [-0.05, 0) is 49.3 Å². The SMILES string of the molecule is COc1ccc2nc(NC(=O)[C@@H]3[C@H]4CC[C@@H](C4)[C@@H]3C(=O)[O-])sc2c1. The number of aliphatic carboxylic acids is 1. The smallest absolute Gasteiger partial charge is 0.230 e. The maximum atomic E-state index is 12.7. The summed E-state index contributed by atoms with van der Waals surface area (Å²) in [6.07, 6.45) is 2.62. The van der Waals surface area contributed by atoms with Crippen molar-refractivity contribution in [2.75, 3.05) is 12.4 Å². The van der Waals surface area contributed by atoms with Crippen molar-refractivity contribution in [1.82, 2.24) is 4.98 Å². The number of anilines is 1. The van der Waals surface area contributed by atoms with Crippen LogP contribution in [0.1, 0.15) is 19.3 Å². The average molecular weight is 345 g/mol. The van der Waals surface area contributed by atoms with E-state index >= 15 is 0 Å². The summed E-state index contributed by atoms with van der Waals surface area (Å²) in [7, 11) is 1.60. The van der Waals surface area contributed by atoms with Gasteiger partial charge in [-0.2, -0.15) is 0 Å². The summed E-state index contributed by atoms with van der Waals surface area (Å²) in [6.45, 7) is 0. The van der Waals surface area contributed by atoms with Crippen molar-refractivity contribution in [3.63, 3.8) is 0 Å². The number of carbonyl (C=O) groups excluding carboxylic acids is 2. The van der Waals surface area contributed by atoms with E-state index in [4.69, 9.17) is 4.74 Å². The standard InChI is InChI=1S/C17H18N2O4S/c1-23-10-4-5-11-12(7-10)24-17(18-11)19-15(20)13-8-2-3-9(6-8)14(13)16(21)22/h4-5,7-9,13-14H,2-3,6H2,1H3,(H,21,22)(H,18,19,20)/p-1/t8-,9-,13+,14-/m0/s1. The molecule has 0 aliphatic heterocycles. The maximum absolute atomic E-state index is 12.7. The molecule has 0 spiro atoms. The number of amides is 1. The summed E-state index contributed by atoms with van der Waals surface area (Å²) in [6, 6.07) is 5.52. The molecule has 2 aliphatic carbocycles. The van der Waals surface area contributed by atoms with Crippen molar-refractivity contribution >= 4 is 38.6 Å². The van der Waals surface area contributed by atoms with Gasteiger partial charge in [-0.3, -0.25) is 4.79 Å². The van der Waals surface area contributed by atoms with Crippen molar-refractivity contribution in [2.24, 2.45) is 23.7 Å². The Morgan fingerprint density at radius 2 is 2.04 bits per heavy atom. The molecule has 6 nitrogen and oxygen atoms in total. The minimum atomic E-state index is -1.10. The third-order valence-electron chi connectivity index (χ3n) is 5.32. The van der Waals surface area contributed by atoms with E-state index in [1.165, 1.54) is 11.3 Å². The van der Waals surface area contributed by atoms with Crippen LogP contribution in [0.15, 0.2) is 18.2 Å². The molecule has 4 rings (SSSR count). The van der Waals surface area contributed by atoms with Gasteiger partial charge in [0.05, 0.1) is 17.3 Å². The molecule has 2 aliphatic rings. The van der Waals surface area contributed by atoms with Crippen LogP contribution >= 0.6 is 11.3 Å². The number of hydrogen-bond donors (Lipinski definition) is 1. The largest absolute Gasteiger partial charge is 0.550 e. The average Bonchev–Trinajstić information content (AvgIpc) is 3.26. The molecule has 2 fully saturated rings. The first-order chi connectivity index (χ1) is 11.6. The highest BCUT2D eigenvalue weighted by Gasteiger charge is 2.51. The number of ether oxygens (including phenoxy) is 1. The van der Waals surface area contributed by atoms with Crippen LogP contribution in [0.25, 0.3) is 10.2 Å². The summed E-state index contributed by atoms with van der Waals surface area (Å²) >= 11 is 1.36. The minimum absolute atomic E-state index is 0.0791. The number of hydrogen-bond acceptors (Lipinski definition) is 6. The molecule has 1 aromatic heterocycles. The zero-order chi connectivity index (χ0) is 16.8. The van der Waals surface area contributed by atoms with Crippen LogP contribution in [0.5, 0.6) is 5.75 Å². The summed E-state index contributed by atoms with van der Waals surface area (Å²) < 4.78 is 6.10. The van der Waals surface area contributed by atoms with Gasteiger partial charge in [0.25, 0.3) is 0 Å². The van der Waals surface area contributed by atoms with Crippen molar-refractivity contribution in [3.8, 4) is 5.75 Å². The molecular formula is C17H17N2O4S-. The van der Waals surface area contributed by atoms with E-state index in [9.17, 15) is 14.7 Å². The molecule has 1 N–H and O–H groups in total. The second kappa shape index (κ2) is 5.73. The van der Waals surface area contributed by atoms with Gasteiger partial charge in [0.2, 0.25) is 5.91 Å². The molecule has 1 amide bonds. The number of benzene rings is 1. The molecule has 2 aromatic rings. The number of fused-ring (bicyclic) bond motifs is 3. The van der Waals surface area contributed by atoms with Crippen LogP contribution < -0.4 is 15.2 Å². The Kier molecular flexibility index (Phi) is 3.68. The lowest BCUT2D eigenvalue weighted by molar-refractivity contribution is -0.314. The molecule has 2 bridgehead atoms. The summed E-state index contributed by atoms with van der Waals surface area (Å²) in [5.74, 6) is -1.57. The second-order valence-corrected chi connectivity index (χ2v) is 7.58. The Labute approximate surface area is 142 Å².